The van der Waals surface area contributed by atoms with E-state index in [0.717, 1.165) is 5.56 Å². The van der Waals surface area contributed by atoms with Crippen molar-refractivity contribution in [1.82, 2.24) is 0 Å². The minimum absolute atomic E-state index is 0.0459. The third kappa shape index (κ3) is 2.77. The maximum Gasteiger partial charge on any atom is 0.335 e. The van der Waals surface area contributed by atoms with E-state index in [1.807, 2.05) is 6.92 Å². The third-order valence-corrected chi connectivity index (χ3v) is 2.81. The van der Waals surface area contributed by atoms with Crippen LogP contribution in [0.2, 0.25) is 0 Å². The molecule has 0 unspecified atom stereocenters. The molecule has 102 valence electrons. The summed E-state index contributed by atoms with van der Waals surface area (Å²) in [4.78, 5) is 22.8. The van der Waals surface area contributed by atoms with E-state index in [9.17, 15) is 14.7 Å². The summed E-state index contributed by atoms with van der Waals surface area (Å²) in [6.45, 7) is 1.90. The Morgan fingerprint density at radius 1 is 1.10 bits per heavy atom. The van der Waals surface area contributed by atoms with Crippen molar-refractivity contribution in [3.63, 3.8) is 0 Å². The van der Waals surface area contributed by atoms with Crippen LogP contribution >= 0.6 is 0 Å². The number of nitrogens with one attached hydrogen (secondary N) is 1. The highest BCUT2D eigenvalue weighted by molar-refractivity contribution is 6.06. The summed E-state index contributed by atoms with van der Waals surface area (Å²) >= 11 is 0. The first-order valence-electron chi connectivity index (χ1n) is 5.90. The largest absolute Gasteiger partial charge is 0.870 e. The normalized spacial score (nSPS) is 10.1. The lowest BCUT2D eigenvalue weighted by Crippen LogP contribution is -2.15. The first-order chi connectivity index (χ1) is 9.49. The number of carboxylic acid groups (broad SMARTS) is 1. The minimum Gasteiger partial charge on any atom is -0.870 e. The molecule has 5 heteroatoms. The van der Waals surface area contributed by atoms with Crippen LogP contribution in [0.1, 0.15) is 26.3 Å². The van der Waals surface area contributed by atoms with Crippen LogP contribution in [0.25, 0.3) is 0 Å². The van der Waals surface area contributed by atoms with E-state index in [4.69, 9.17) is 5.11 Å². The van der Waals surface area contributed by atoms with E-state index < -0.39 is 17.6 Å². The van der Waals surface area contributed by atoms with E-state index in [1.165, 1.54) is 18.2 Å². The topological polar surface area (TPSA) is 89.5 Å². The molecule has 0 aliphatic rings. The van der Waals surface area contributed by atoms with Gasteiger partial charge in [0, 0.05) is 11.3 Å². The maximum absolute atomic E-state index is 12.0. The molecule has 5 nitrogen and oxygen atoms in total. The number of rotatable bonds is 3. The predicted octanol–water partition coefficient (Wildman–Crippen LogP) is 2.02. The van der Waals surface area contributed by atoms with Gasteiger partial charge in [0.25, 0.3) is 5.91 Å². The van der Waals surface area contributed by atoms with Gasteiger partial charge in [0.05, 0.1) is 5.56 Å². The van der Waals surface area contributed by atoms with Crippen molar-refractivity contribution in [3.8, 4) is 5.75 Å². The number of para-hydroxylation sites is 1. The Morgan fingerprint density at radius 3 is 2.35 bits per heavy atom. The number of carbonyl (C=O) groups excluding carboxylic acids is 1. The number of carbonyl (C=O) groups is 2. The van der Waals surface area contributed by atoms with Crippen molar-refractivity contribution in [1.29, 1.82) is 0 Å². The van der Waals surface area contributed by atoms with Crippen molar-refractivity contribution in [2.75, 3.05) is 5.32 Å². The first-order valence-corrected chi connectivity index (χ1v) is 5.90. The van der Waals surface area contributed by atoms with E-state index in [-0.39, 0.29) is 11.3 Å². The number of aromatic carboxylic acids is 1. The van der Waals surface area contributed by atoms with E-state index in [1.54, 1.807) is 24.3 Å². The van der Waals surface area contributed by atoms with Crippen LogP contribution < -0.4 is 10.4 Å². The second-order valence-electron chi connectivity index (χ2n) is 4.31. The molecule has 2 aromatic carbocycles. The summed E-state index contributed by atoms with van der Waals surface area (Å²) < 4.78 is 0. The molecule has 0 saturated heterocycles. The molecule has 0 aliphatic heterocycles. The summed E-state index contributed by atoms with van der Waals surface area (Å²) in [6.07, 6.45) is 0. The Balaban J connectivity index is 2.26. The van der Waals surface area contributed by atoms with Gasteiger partial charge in [0.15, 0.2) is 0 Å². The average molecular weight is 270 g/mol. The fourth-order valence-electron chi connectivity index (χ4n) is 1.70. The molecule has 1 amide bonds. The molecule has 20 heavy (non-hydrogen) atoms. The Hall–Kier alpha value is -2.82. The Morgan fingerprint density at radius 2 is 1.75 bits per heavy atom. The van der Waals surface area contributed by atoms with Crippen molar-refractivity contribution in [2.24, 2.45) is 0 Å². The zero-order chi connectivity index (χ0) is 14.7. The molecule has 0 aromatic heterocycles. The molecule has 0 heterocycles. The molecule has 2 aromatic rings. The fraction of sp³-hybridized carbons (Fsp3) is 0.0667. The molecule has 0 fully saturated rings. The third-order valence-electron chi connectivity index (χ3n) is 2.81. The fourth-order valence-corrected chi connectivity index (χ4v) is 1.70. The average Bonchev–Trinajstić information content (AvgIpc) is 2.41. The van der Waals surface area contributed by atoms with Gasteiger partial charge in [-0.15, -0.1) is 0 Å². The van der Waals surface area contributed by atoms with Gasteiger partial charge in [-0.05, 0) is 31.2 Å². The highest BCUT2D eigenvalue weighted by atomic mass is 16.4. The predicted molar refractivity (Wildman–Crippen MR) is 72.0 cm³/mol. The summed E-state index contributed by atoms with van der Waals surface area (Å²) in [5.41, 5.74) is 0.997. The van der Waals surface area contributed by atoms with Crippen LogP contribution in [0.5, 0.6) is 5.75 Å². The minimum atomic E-state index is -1.32. The van der Waals surface area contributed by atoms with Gasteiger partial charge in [0.1, 0.15) is 0 Å². The quantitative estimate of drug-likeness (QED) is 0.892. The lowest BCUT2D eigenvalue weighted by Gasteiger charge is -2.17. The molecular formula is C15H12NO4-. The van der Waals surface area contributed by atoms with Gasteiger partial charge >= 0.3 is 5.97 Å². The van der Waals surface area contributed by atoms with Gasteiger partial charge < -0.3 is 15.5 Å². The molecule has 0 bridgehead atoms. The van der Waals surface area contributed by atoms with Gasteiger partial charge in [-0.25, -0.2) is 4.79 Å². The number of hydrogen-bond acceptors (Lipinski definition) is 3. The molecule has 0 saturated carbocycles. The molecule has 0 radical (unpaired) electrons. The van der Waals surface area contributed by atoms with Crippen LogP contribution in [0.4, 0.5) is 5.69 Å². The standard InChI is InChI=1S/C15H13NO4/c1-9-5-7-10(8-6-9)14(18)16-12-4-2-3-11(13(12)17)15(19)20/h2-8,17H,1H3,(H,16,18)(H,19,20)/p-1. The van der Waals surface area contributed by atoms with Crippen LogP contribution in [-0.4, -0.2) is 17.0 Å². The van der Waals surface area contributed by atoms with Gasteiger partial charge in [-0.1, -0.05) is 29.5 Å². The van der Waals surface area contributed by atoms with Crippen LogP contribution in [-0.2, 0) is 0 Å². The van der Waals surface area contributed by atoms with Crippen molar-refractivity contribution < 1.29 is 19.8 Å². The Kier molecular flexibility index (Phi) is 3.70. The second-order valence-corrected chi connectivity index (χ2v) is 4.31. The van der Waals surface area contributed by atoms with E-state index in [2.05, 4.69) is 5.32 Å². The first kappa shape index (κ1) is 13.6. The SMILES string of the molecule is Cc1ccc(C(=O)Nc2cccc(C(=O)O)c2[O-])cc1. The second kappa shape index (κ2) is 5.44. The van der Waals surface area contributed by atoms with E-state index >= 15 is 0 Å². The van der Waals surface area contributed by atoms with Crippen molar-refractivity contribution in [3.05, 3.63) is 59.2 Å². The highest BCUT2D eigenvalue weighted by Crippen LogP contribution is 2.25. The number of aryl methyl sites for hydroxylation is 1. The number of amides is 1. The van der Waals surface area contributed by atoms with Crippen LogP contribution in [0.15, 0.2) is 42.5 Å². The zero-order valence-corrected chi connectivity index (χ0v) is 10.7. The van der Waals surface area contributed by atoms with E-state index in [0.29, 0.717) is 5.56 Å². The van der Waals surface area contributed by atoms with Crippen LogP contribution in [0, 0.1) is 6.92 Å². The summed E-state index contributed by atoms with van der Waals surface area (Å²) in [5, 5.41) is 23.1. The molecule has 2 N–H and O–H groups in total. The maximum atomic E-state index is 12.0. The summed E-state index contributed by atoms with van der Waals surface area (Å²) in [6, 6.07) is 10.8. The molecule has 0 atom stereocenters. The lowest BCUT2D eigenvalue weighted by atomic mass is 10.1. The number of carboxylic acids is 1. The van der Waals surface area contributed by atoms with Crippen molar-refractivity contribution in [2.45, 2.75) is 6.92 Å². The summed E-state index contributed by atoms with van der Waals surface area (Å²) in [7, 11) is 0. The molecule has 0 aliphatic carbocycles. The monoisotopic (exact) mass is 270 g/mol. The molecule has 2 rings (SSSR count). The molecule has 0 spiro atoms. The van der Waals surface area contributed by atoms with Crippen LogP contribution in [0.3, 0.4) is 0 Å². The Bertz CT molecular complexity index is 662. The summed E-state index contributed by atoms with van der Waals surface area (Å²) in [5.74, 6) is -2.48. The highest BCUT2D eigenvalue weighted by Gasteiger charge is 2.10. The van der Waals surface area contributed by atoms with Gasteiger partial charge in [0.2, 0.25) is 0 Å². The molecular weight excluding hydrogens is 258 g/mol. The van der Waals surface area contributed by atoms with Gasteiger partial charge in [-0.2, -0.15) is 0 Å². The zero-order valence-electron chi connectivity index (χ0n) is 10.7. The number of hydrogen-bond donors (Lipinski definition) is 2. The van der Waals surface area contributed by atoms with Gasteiger partial charge in [-0.3, -0.25) is 4.79 Å². The number of benzene rings is 2. The van der Waals surface area contributed by atoms with Crippen molar-refractivity contribution >= 4 is 17.6 Å². The lowest BCUT2D eigenvalue weighted by molar-refractivity contribution is -0.267. The number of anilines is 1. The Labute approximate surface area is 115 Å². The smallest absolute Gasteiger partial charge is 0.335 e.